The molecule has 1 aromatic rings. The molecule has 5 aliphatic rings. The minimum atomic E-state index is 0.169. The van der Waals surface area contributed by atoms with Gasteiger partial charge in [-0.1, -0.05) is 0 Å². The fourth-order valence-electron chi connectivity index (χ4n) is 5.46. The van der Waals surface area contributed by atoms with E-state index < -0.39 is 0 Å². The Hall–Kier alpha value is -1.66. The second kappa shape index (κ2) is 7.40. The molecule has 6 nitrogen and oxygen atoms in total. The molecule has 6 heteroatoms. The first-order valence-electron chi connectivity index (χ1n) is 10.7. The Labute approximate surface area is 162 Å². The van der Waals surface area contributed by atoms with Crippen molar-refractivity contribution in [3.63, 3.8) is 0 Å². The highest BCUT2D eigenvalue weighted by Gasteiger charge is 2.38. The number of pyridine rings is 1. The number of piperazine rings is 1. The molecule has 0 unspecified atom stereocenters. The number of rotatable bonds is 3. The van der Waals surface area contributed by atoms with Crippen LogP contribution in [0.15, 0.2) is 18.3 Å². The number of hydrogen-bond acceptors (Lipinski definition) is 5. The maximum Gasteiger partial charge on any atom is 0.254 e. The Morgan fingerprint density at radius 2 is 1.70 bits per heavy atom. The maximum atomic E-state index is 12.7. The van der Waals surface area contributed by atoms with Crippen LogP contribution in [-0.2, 0) is 0 Å². The van der Waals surface area contributed by atoms with Gasteiger partial charge in [0.05, 0.1) is 0 Å². The number of hydrogen-bond donors (Lipinski definition) is 0. The lowest BCUT2D eigenvalue weighted by Crippen LogP contribution is -2.61. The van der Waals surface area contributed by atoms with Gasteiger partial charge in [-0.25, -0.2) is 4.98 Å². The first-order chi connectivity index (χ1) is 13.3. The molecule has 6 rings (SSSR count). The monoisotopic (exact) mass is 369 g/mol. The normalized spacial score (nSPS) is 31.5. The molecule has 5 fully saturated rings. The molecule has 0 aliphatic carbocycles. The highest BCUT2D eigenvalue weighted by Crippen LogP contribution is 2.31. The minimum absolute atomic E-state index is 0.169. The van der Waals surface area contributed by atoms with Gasteiger partial charge < -0.3 is 14.7 Å². The average molecular weight is 370 g/mol. The van der Waals surface area contributed by atoms with E-state index in [1.165, 1.54) is 32.5 Å². The Morgan fingerprint density at radius 3 is 2.37 bits per heavy atom. The molecule has 1 aromatic heterocycles. The molecule has 1 amide bonds. The van der Waals surface area contributed by atoms with Gasteiger partial charge in [0, 0.05) is 63.6 Å². The van der Waals surface area contributed by atoms with Gasteiger partial charge in [0.25, 0.3) is 5.91 Å². The van der Waals surface area contributed by atoms with E-state index in [1.54, 1.807) is 6.20 Å². The fourth-order valence-corrected chi connectivity index (χ4v) is 5.46. The summed E-state index contributed by atoms with van der Waals surface area (Å²) >= 11 is 0. The van der Waals surface area contributed by atoms with E-state index in [1.807, 2.05) is 17.0 Å². The summed E-state index contributed by atoms with van der Waals surface area (Å²) in [7, 11) is 0. The van der Waals surface area contributed by atoms with Crippen LogP contribution in [0.1, 0.15) is 36.0 Å². The first kappa shape index (κ1) is 17.4. The van der Waals surface area contributed by atoms with Gasteiger partial charge in [-0.3, -0.25) is 9.69 Å². The quantitative estimate of drug-likeness (QED) is 0.809. The van der Waals surface area contributed by atoms with E-state index in [9.17, 15) is 4.79 Å². The van der Waals surface area contributed by atoms with Crippen molar-refractivity contribution in [1.29, 1.82) is 0 Å². The number of amides is 1. The number of carbonyl (C=O) groups excluding carboxylic acids is 1. The SMILES string of the molecule is O=C(c1ccnc(N2CCN([C@H]3CN4CCC3CC4)CC2)c1)N1CCCC1. The number of piperidine rings is 3. The van der Waals surface area contributed by atoms with Crippen molar-refractivity contribution in [2.45, 2.75) is 31.7 Å². The van der Waals surface area contributed by atoms with Gasteiger partial charge >= 0.3 is 0 Å². The van der Waals surface area contributed by atoms with Gasteiger partial charge in [-0.2, -0.15) is 0 Å². The second-order valence-electron chi connectivity index (χ2n) is 8.63. The molecule has 5 aliphatic heterocycles. The minimum Gasteiger partial charge on any atom is -0.354 e. The van der Waals surface area contributed by atoms with E-state index in [0.29, 0.717) is 0 Å². The summed E-state index contributed by atoms with van der Waals surface area (Å²) in [4.78, 5) is 27.0. The smallest absolute Gasteiger partial charge is 0.254 e. The number of carbonyl (C=O) groups is 1. The lowest BCUT2D eigenvalue weighted by molar-refractivity contribution is 0.00306. The zero-order valence-electron chi connectivity index (χ0n) is 16.2. The Bertz CT molecular complexity index is 673. The van der Waals surface area contributed by atoms with Crippen LogP contribution in [0.2, 0.25) is 0 Å². The second-order valence-corrected chi connectivity index (χ2v) is 8.63. The van der Waals surface area contributed by atoms with E-state index in [4.69, 9.17) is 0 Å². The van der Waals surface area contributed by atoms with Crippen molar-refractivity contribution in [3.8, 4) is 0 Å². The Morgan fingerprint density at radius 1 is 0.963 bits per heavy atom. The van der Waals surface area contributed by atoms with Crippen molar-refractivity contribution >= 4 is 11.7 Å². The lowest BCUT2D eigenvalue weighted by atomic mass is 9.83. The summed E-state index contributed by atoms with van der Waals surface area (Å²) in [6.45, 7) is 9.93. The Kier molecular flexibility index (Phi) is 4.78. The number of nitrogens with zero attached hydrogens (tertiary/aromatic N) is 5. The number of aromatic nitrogens is 1. The van der Waals surface area contributed by atoms with Crippen molar-refractivity contribution < 1.29 is 4.79 Å². The van der Waals surface area contributed by atoms with Crippen molar-refractivity contribution in [3.05, 3.63) is 23.9 Å². The number of likely N-dealkylation sites (tertiary alicyclic amines) is 1. The van der Waals surface area contributed by atoms with Crippen LogP contribution in [0.4, 0.5) is 5.82 Å². The molecule has 146 valence electrons. The summed E-state index contributed by atoms with van der Waals surface area (Å²) in [5.41, 5.74) is 0.793. The van der Waals surface area contributed by atoms with Gasteiger partial charge in [-0.05, 0) is 56.8 Å². The van der Waals surface area contributed by atoms with Gasteiger partial charge in [-0.15, -0.1) is 0 Å². The van der Waals surface area contributed by atoms with Gasteiger partial charge in [0.2, 0.25) is 0 Å². The van der Waals surface area contributed by atoms with Crippen LogP contribution in [0.25, 0.3) is 0 Å². The van der Waals surface area contributed by atoms with Crippen LogP contribution in [-0.4, -0.2) is 90.5 Å². The summed E-state index contributed by atoms with van der Waals surface area (Å²) in [6, 6.07) is 4.63. The topological polar surface area (TPSA) is 42.9 Å². The van der Waals surface area contributed by atoms with E-state index in [-0.39, 0.29) is 5.91 Å². The Balaban J connectivity index is 1.22. The third-order valence-corrected chi connectivity index (χ3v) is 7.11. The van der Waals surface area contributed by atoms with Crippen LogP contribution >= 0.6 is 0 Å². The molecule has 0 radical (unpaired) electrons. The van der Waals surface area contributed by atoms with E-state index >= 15 is 0 Å². The van der Waals surface area contributed by atoms with Crippen LogP contribution in [0.5, 0.6) is 0 Å². The van der Waals surface area contributed by atoms with Gasteiger partial charge in [0.15, 0.2) is 0 Å². The number of anilines is 1. The summed E-state index contributed by atoms with van der Waals surface area (Å²) in [5, 5.41) is 0. The van der Waals surface area contributed by atoms with Crippen LogP contribution in [0, 0.1) is 5.92 Å². The zero-order valence-corrected chi connectivity index (χ0v) is 16.2. The molecule has 0 spiro atoms. The molecule has 1 atom stereocenters. The number of fused-ring (bicyclic) bond motifs is 3. The van der Waals surface area contributed by atoms with E-state index in [2.05, 4.69) is 19.7 Å². The molecule has 0 aromatic carbocycles. The molecule has 0 saturated carbocycles. The third kappa shape index (κ3) is 3.45. The summed E-state index contributed by atoms with van der Waals surface area (Å²) in [5.74, 6) is 2.04. The van der Waals surface area contributed by atoms with Crippen molar-refractivity contribution in [2.24, 2.45) is 5.92 Å². The summed E-state index contributed by atoms with van der Waals surface area (Å²) < 4.78 is 0. The van der Waals surface area contributed by atoms with Gasteiger partial charge in [0.1, 0.15) is 5.82 Å². The molecule has 6 heterocycles. The maximum absolute atomic E-state index is 12.7. The molecule has 5 saturated heterocycles. The summed E-state index contributed by atoms with van der Waals surface area (Å²) in [6.07, 6.45) is 6.83. The fraction of sp³-hybridized carbons (Fsp3) is 0.714. The van der Waals surface area contributed by atoms with Crippen molar-refractivity contribution in [1.82, 2.24) is 19.7 Å². The molecule has 2 bridgehead atoms. The predicted molar refractivity (Wildman–Crippen MR) is 106 cm³/mol. The largest absolute Gasteiger partial charge is 0.354 e. The van der Waals surface area contributed by atoms with Crippen LogP contribution < -0.4 is 4.90 Å². The molecule has 0 N–H and O–H groups in total. The highest BCUT2D eigenvalue weighted by atomic mass is 16.2. The van der Waals surface area contributed by atoms with Crippen molar-refractivity contribution in [2.75, 3.05) is 63.8 Å². The highest BCUT2D eigenvalue weighted by molar-refractivity contribution is 5.95. The zero-order chi connectivity index (χ0) is 18.2. The first-order valence-corrected chi connectivity index (χ1v) is 10.7. The molecular formula is C21H31N5O. The average Bonchev–Trinajstić information content (AvgIpc) is 3.29. The standard InChI is InChI=1S/C21H31N5O/c27-21(26-7-1-2-8-26)18-3-6-22-20(15-18)25-13-11-24(12-14-25)19-16-23-9-4-17(19)5-10-23/h3,6,15,17,19H,1-2,4-5,7-14,16H2/t19-/m0/s1. The lowest BCUT2D eigenvalue weighted by Gasteiger charge is -2.51. The third-order valence-electron chi connectivity index (χ3n) is 7.11. The predicted octanol–water partition coefficient (Wildman–Crippen LogP) is 1.53. The van der Waals surface area contributed by atoms with Crippen LogP contribution in [0.3, 0.4) is 0 Å². The molecular weight excluding hydrogens is 338 g/mol. The van der Waals surface area contributed by atoms with E-state index in [0.717, 1.165) is 75.5 Å². The molecule has 27 heavy (non-hydrogen) atoms.